The molecular weight excluding hydrogens is 278 g/mol. The minimum absolute atomic E-state index is 0.215. The third-order valence-electron chi connectivity index (χ3n) is 2.53. The summed E-state index contributed by atoms with van der Waals surface area (Å²) in [5, 5.41) is 3.08. The van der Waals surface area contributed by atoms with Gasteiger partial charge >= 0.3 is 8.80 Å². The molecular formula is C9H23NO6SSi. The zero-order valence-electron chi connectivity index (χ0n) is 11.1. The number of rotatable bonds is 11. The quantitative estimate of drug-likeness (QED) is 0.318. The molecule has 0 bridgehead atoms. The van der Waals surface area contributed by atoms with Crippen LogP contribution in [0.25, 0.3) is 0 Å². The minimum Gasteiger partial charge on any atom is -0.377 e. The molecule has 18 heavy (non-hydrogen) atoms. The minimum atomic E-state index is -3.85. The summed E-state index contributed by atoms with van der Waals surface area (Å²) in [6.07, 6.45) is 1.20. The Morgan fingerprint density at radius 3 is 2.00 bits per heavy atom. The zero-order valence-corrected chi connectivity index (χ0v) is 13.0. The Morgan fingerprint density at radius 1 is 1.06 bits per heavy atom. The van der Waals surface area contributed by atoms with Gasteiger partial charge in [-0.2, -0.15) is 8.42 Å². The Kier molecular flexibility index (Phi) is 8.95. The first-order valence-corrected chi connectivity index (χ1v) is 9.24. The van der Waals surface area contributed by atoms with E-state index in [0.29, 0.717) is 19.0 Å². The molecule has 7 nitrogen and oxygen atoms in total. The predicted octanol–water partition coefficient (Wildman–Crippen LogP) is 0.122. The van der Waals surface area contributed by atoms with Gasteiger partial charge in [-0.1, -0.05) is 0 Å². The van der Waals surface area contributed by atoms with E-state index < -0.39 is 18.9 Å². The van der Waals surface area contributed by atoms with Crippen LogP contribution in [0.3, 0.4) is 0 Å². The van der Waals surface area contributed by atoms with Gasteiger partial charge in [0.15, 0.2) is 0 Å². The first kappa shape index (κ1) is 18.0. The summed E-state index contributed by atoms with van der Waals surface area (Å²) < 4.78 is 45.2. The largest absolute Gasteiger partial charge is 0.500 e. The zero-order chi connectivity index (χ0) is 14.1. The first-order valence-electron chi connectivity index (χ1n) is 5.70. The van der Waals surface area contributed by atoms with Crippen LogP contribution in [-0.2, 0) is 23.4 Å². The Hall–Kier alpha value is -0.0331. The van der Waals surface area contributed by atoms with E-state index in [4.69, 9.17) is 17.8 Å². The summed E-state index contributed by atoms with van der Waals surface area (Å²) in [6.45, 7) is 1.26. The van der Waals surface area contributed by atoms with Gasteiger partial charge in [0, 0.05) is 27.4 Å². The molecule has 0 rings (SSSR count). The van der Waals surface area contributed by atoms with Crippen LogP contribution < -0.4 is 5.32 Å². The van der Waals surface area contributed by atoms with E-state index >= 15 is 0 Å². The maximum atomic E-state index is 10.5. The van der Waals surface area contributed by atoms with E-state index in [1.165, 1.54) is 0 Å². The first-order chi connectivity index (χ1) is 8.39. The molecule has 0 radical (unpaired) electrons. The van der Waals surface area contributed by atoms with Gasteiger partial charge < -0.3 is 18.6 Å². The molecule has 0 aliphatic rings. The molecule has 0 aromatic rings. The van der Waals surface area contributed by atoms with Crippen molar-refractivity contribution in [2.24, 2.45) is 0 Å². The number of hydrogen-bond acceptors (Lipinski definition) is 6. The van der Waals surface area contributed by atoms with Crippen LogP contribution in [0, 0.1) is 0 Å². The molecule has 2 N–H and O–H groups in total. The highest BCUT2D eigenvalue weighted by Crippen LogP contribution is 2.14. The van der Waals surface area contributed by atoms with E-state index in [1.54, 1.807) is 21.3 Å². The maximum absolute atomic E-state index is 10.5. The average molecular weight is 301 g/mol. The van der Waals surface area contributed by atoms with Gasteiger partial charge in [0.1, 0.15) is 0 Å². The van der Waals surface area contributed by atoms with Gasteiger partial charge in [-0.25, -0.2) is 0 Å². The van der Waals surface area contributed by atoms with Gasteiger partial charge in [0.25, 0.3) is 10.1 Å². The maximum Gasteiger partial charge on any atom is 0.500 e. The van der Waals surface area contributed by atoms with Crippen molar-refractivity contribution in [1.82, 2.24) is 5.32 Å². The molecule has 0 saturated carbocycles. The Balaban J connectivity index is 3.62. The van der Waals surface area contributed by atoms with E-state index in [0.717, 1.165) is 13.0 Å². The van der Waals surface area contributed by atoms with Crippen molar-refractivity contribution in [3.05, 3.63) is 0 Å². The smallest absolute Gasteiger partial charge is 0.377 e. The fourth-order valence-corrected chi connectivity index (χ4v) is 3.72. The lowest BCUT2D eigenvalue weighted by atomic mass is 10.4. The Morgan fingerprint density at radius 2 is 1.56 bits per heavy atom. The summed E-state index contributed by atoms with van der Waals surface area (Å²) in [5.41, 5.74) is 0. The fraction of sp³-hybridized carbons (Fsp3) is 1.00. The van der Waals surface area contributed by atoms with E-state index in [1.807, 2.05) is 0 Å². The topological polar surface area (TPSA) is 94.1 Å². The molecule has 0 heterocycles. The average Bonchev–Trinajstić information content (AvgIpc) is 2.32. The molecule has 0 aromatic carbocycles. The van der Waals surface area contributed by atoms with Crippen molar-refractivity contribution in [3.8, 4) is 0 Å². The van der Waals surface area contributed by atoms with Crippen molar-refractivity contribution in [2.75, 3.05) is 40.2 Å². The predicted molar refractivity (Wildman–Crippen MR) is 70.1 cm³/mol. The van der Waals surface area contributed by atoms with Crippen LogP contribution in [0.5, 0.6) is 0 Å². The SMILES string of the molecule is CO[Si](CCCNCCCS(=O)(=O)O)(OC)OC. The molecule has 0 fully saturated rings. The van der Waals surface area contributed by atoms with Crippen molar-refractivity contribution in [2.45, 2.75) is 18.9 Å². The standard InChI is InChI=1S/C9H23NO6SSi/c1-14-18(15-2,16-3)9-5-7-10-6-4-8-17(11,12)13/h10H,4-9H2,1-3H3,(H,11,12,13). The van der Waals surface area contributed by atoms with Crippen molar-refractivity contribution < 1.29 is 26.2 Å². The van der Waals surface area contributed by atoms with Crippen molar-refractivity contribution in [1.29, 1.82) is 0 Å². The Labute approximate surface area is 110 Å². The lowest BCUT2D eigenvalue weighted by Crippen LogP contribution is -2.43. The molecule has 0 aliphatic carbocycles. The second-order valence-corrected chi connectivity index (χ2v) is 8.45. The highest BCUT2D eigenvalue weighted by atomic mass is 32.2. The molecule has 0 atom stereocenters. The lowest BCUT2D eigenvalue weighted by Gasteiger charge is -2.24. The van der Waals surface area contributed by atoms with Crippen LogP contribution in [0.15, 0.2) is 0 Å². The van der Waals surface area contributed by atoms with E-state index in [9.17, 15) is 8.42 Å². The fourth-order valence-electron chi connectivity index (χ4n) is 1.49. The summed E-state index contributed by atoms with van der Waals surface area (Å²) in [4.78, 5) is 0. The van der Waals surface area contributed by atoms with E-state index in [-0.39, 0.29) is 5.75 Å². The van der Waals surface area contributed by atoms with Gasteiger partial charge in [0.05, 0.1) is 5.75 Å². The highest BCUT2D eigenvalue weighted by molar-refractivity contribution is 7.85. The number of nitrogens with one attached hydrogen (secondary N) is 1. The second kappa shape index (κ2) is 8.96. The molecule has 0 aliphatic heterocycles. The van der Waals surface area contributed by atoms with E-state index in [2.05, 4.69) is 5.32 Å². The van der Waals surface area contributed by atoms with Gasteiger partial charge in [-0.05, 0) is 25.9 Å². The van der Waals surface area contributed by atoms with Crippen LogP contribution in [0.1, 0.15) is 12.8 Å². The summed E-state index contributed by atoms with van der Waals surface area (Å²) in [6, 6.07) is 0.696. The molecule has 0 aromatic heterocycles. The molecule has 0 spiro atoms. The normalized spacial score (nSPS) is 12.9. The van der Waals surface area contributed by atoms with Crippen LogP contribution in [-0.4, -0.2) is 61.9 Å². The van der Waals surface area contributed by atoms with Crippen LogP contribution in [0.4, 0.5) is 0 Å². The molecule has 0 saturated heterocycles. The van der Waals surface area contributed by atoms with Gasteiger partial charge in [-0.3, -0.25) is 4.55 Å². The Bertz CT molecular complexity index is 298. The van der Waals surface area contributed by atoms with Crippen LogP contribution >= 0.6 is 0 Å². The van der Waals surface area contributed by atoms with Gasteiger partial charge in [0.2, 0.25) is 0 Å². The van der Waals surface area contributed by atoms with Gasteiger partial charge in [-0.15, -0.1) is 0 Å². The summed E-state index contributed by atoms with van der Waals surface area (Å²) >= 11 is 0. The summed E-state index contributed by atoms with van der Waals surface area (Å²) in [5.74, 6) is -0.215. The third kappa shape index (κ3) is 8.14. The molecule has 110 valence electrons. The lowest BCUT2D eigenvalue weighted by molar-refractivity contribution is 0.123. The van der Waals surface area contributed by atoms with Crippen LogP contribution in [0.2, 0.25) is 6.04 Å². The monoisotopic (exact) mass is 301 g/mol. The second-order valence-electron chi connectivity index (χ2n) is 3.79. The van der Waals surface area contributed by atoms with Crippen molar-refractivity contribution >= 4 is 18.9 Å². The third-order valence-corrected chi connectivity index (χ3v) is 6.16. The molecule has 0 amide bonds. The highest BCUT2D eigenvalue weighted by Gasteiger charge is 2.36. The molecule has 0 unspecified atom stereocenters. The summed E-state index contributed by atoms with van der Waals surface area (Å²) in [7, 11) is -1.63. The number of hydrogen-bond donors (Lipinski definition) is 2. The molecule has 9 heteroatoms. The van der Waals surface area contributed by atoms with Crippen molar-refractivity contribution in [3.63, 3.8) is 0 Å².